The molecule has 0 unspecified atom stereocenters. The van der Waals surface area contributed by atoms with E-state index in [1.165, 1.54) is 11.1 Å². The van der Waals surface area contributed by atoms with Crippen LogP contribution in [0.1, 0.15) is 24.0 Å². The summed E-state index contributed by atoms with van der Waals surface area (Å²) in [5.74, 6) is -0.988. The van der Waals surface area contributed by atoms with Crippen LogP contribution in [0.15, 0.2) is 24.3 Å². The molecule has 0 fully saturated rings. The number of carboxylic acid groups (broad SMARTS) is 1. The summed E-state index contributed by atoms with van der Waals surface area (Å²) in [6, 6.07) is 8.06. The van der Waals surface area contributed by atoms with Gasteiger partial charge in [0.05, 0.1) is 6.42 Å². The van der Waals surface area contributed by atoms with Crippen LogP contribution in [0.3, 0.4) is 0 Å². The Kier molecular flexibility index (Phi) is 3.42. The number of carbonyl (C=O) groups excluding carboxylic acids is 1. The maximum Gasteiger partial charge on any atom is 0.303 e. The molecule has 0 spiro atoms. The Bertz CT molecular complexity index is 442. The number of nitrogens with zero attached hydrogens (tertiary/aromatic N) is 1. The van der Waals surface area contributed by atoms with Gasteiger partial charge in [0.25, 0.3) is 0 Å². The third-order valence-electron chi connectivity index (χ3n) is 3.04. The van der Waals surface area contributed by atoms with Gasteiger partial charge in [-0.2, -0.15) is 0 Å². The molecule has 2 rings (SSSR count). The molecule has 1 amide bonds. The second kappa shape index (κ2) is 4.99. The summed E-state index contributed by atoms with van der Waals surface area (Å²) in [7, 11) is 0. The van der Waals surface area contributed by atoms with E-state index in [2.05, 4.69) is 6.07 Å². The zero-order valence-corrected chi connectivity index (χ0v) is 9.56. The van der Waals surface area contributed by atoms with Crippen molar-refractivity contribution < 1.29 is 14.7 Å². The van der Waals surface area contributed by atoms with Gasteiger partial charge < -0.3 is 10.0 Å². The van der Waals surface area contributed by atoms with Crippen LogP contribution in [-0.2, 0) is 22.6 Å². The molecule has 1 aromatic carbocycles. The molecule has 0 saturated heterocycles. The lowest BCUT2D eigenvalue weighted by molar-refractivity contribution is -0.141. The maximum atomic E-state index is 11.8. The summed E-state index contributed by atoms with van der Waals surface area (Å²) in [6.45, 7) is 1.30. The normalized spacial score (nSPS) is 14.2. The van der Waals surface area contributed by atoms with Crippen LogP contribution in [0.2, 0.25) is 0 Å². The standard InChI is InChI=1S/C13H15NO3/c15-12(5-6-13(16)17)14-8-7-10-3-1-2-4-11(10)9-14/h1-4H,5-9H2,(H,16,17). The summed E-state index contributed by atoms with van der Waals surface area (Å²) >= 11 is 0. The van der Waals surface area contributed by atoms with E-state index in [0.29, 0.717) is 13.1 Å². The van der Waals surface area contributed by atoms with Crippen molar-refractivity contribution in [1.29, 1.82) is 0 Å². The molecule has 17 heavy (non-hydrogen) atoms. The molecule has 1 aliphatic heterocycles. The van der Waals surface area contributed by atoms with E-state index in [-0.39, 0.29) is 18.7 Å². The number of benzene rings is 1. The average Bonchev–Trinajstić information content (AvgIpc) is 2.35. The summed E-state index contributed by atoms with van der Waals surface area (Å²) in [6.07, 6.45) is 0.865. The lowest BCUT2D eigenvalue weighted by Crippen LogP contribution is -2.36. The van der Waals surface area contributed by atoms with Crippen molar-refractivity contribution >= 4 is 11.9 Å². The quantitative estimate of drug-likeness (QED) is 0.859. The number of fused-ring (bicyclic) bond motifs is 1. The first-order valence-electron chi connectivity index (χ1n) is 5.73. The van der Waals surface area contributed by atoms with Crippen molar-refractivity contribution in [2.75, 3.05) is 6.54 Å². The number of hydrogen-bond donors (Lipinski definition) is 1. The summed E-state index contributed by atoms with van der Waals surface area (Å²) in [5, 5.41) is 8.55. The van der Waals surface area contributed by atoms with Gasteiger partial charge in [-0.3, -0.25) is 9.59 Å². The van der Waals surface area contributed by atoms with Gasteiger partial charge in [0.1, 0.15) is 0 Å². The van der Waals surface area contributed by atoms with Crippen LogP contribution >= 0.6 is 0 Å². The minimum absolute atomic E-state index is 0.0677. The van der Waals surface area contributed by atoms with Gasteiger partial charge >= 0.3 is 5.97 Å². The second-order valence-corrected chi connectivity index (χ2v) is 4.23. The molecule has 4 heteroatoms. The lowest BCUT2D eigenvalue weighted by atomic mass is 9.99. The fourth-order valence-electron chi connectivity index (χ4n) is 2.08. The first-order valence-corrected chi connectivity index (χ1v) is 5.73. The minimum atomic E-state index is -0.921. The highest BCUT2D eigenvalue weighted by atomic mass is 16.4. The molecule has 1 aromatic rings. The van der Waals surface area contributed by atoms with Crippen LogP contribution in [-0.4, -0.2) is 28.4 Å². The van der Waals surface area contributed by atoms with Crippen molar-refractivity contribution in [1.82, 2.24) is 4.90 Å². The zero-order valence-electron chi connectivity index (χ0n) is 9.56. The van der Waals surface area contributed by atoms with Gasteiger partial charge in [-0.15, -0.1) is 0 Å². The van der Waals surface area contributed by atoms with Gasteiger partial charge in [-0.25, -0.2) is 0 Å². The van der Waals surface area contributed by atoms with Crippen molar-refractivity contribution in [3.63, 3.8) is 0 Å². The third kappa shape index (κ3) is 2.84. The zero-order chi connectivity index (χ0) is 12.3. The molecule has 4 nitrogen and oxygen atoms in total. The molecule has 0 aliphatic carbocycles. The Hall–Kier alpha value is -1.84. The fraction of sp³-hybridized carbons (Fsp3) is 0.385. The molecule has 0 radical (unpaired) electrons. The maximum absolute atomic E-state index is 11.8. The average molecular weight is 233 g/mol. The topological polar surface area (TPSA) is 57.6 Å². The van der Waals surface area contributed by atoms with E-state index < -0.39 is 5.97 Å². The molecule has 1 N–H and O–H groups in total. The minimum Gasteiger partial charge on any atom is -0.481 e. The molecule has 0 saturated carbocycles. The van der Waals surface area contributed by atoms with Crippen LogP contribution in [0.4, 0.5) is 0 Å². The number of rotatable bonds is 3. The van der Waals surface area contributed by atoms with Crippen LogP contribution in [0, 0.1) is 0 Å². The molecule has 0 atom stereocenters. The van der Waals surface area contributed by atoms with Gasteiger partial charge in [0.15, 0.2) is 0 Å². The number of amides is 1. The van der Waals surface area contributed by atoms with Gasteiger partial charge in [0.2, 0.25) is 5.91 Å². The van der Waals surface area contributed by atoms with E-state index in [4.69, 9.17) is 5.11 Å². The van der Waals surface area contributed by atoms with Gasteiger partial charge in [-0.1, -0.05) is 24.3 Å². The molecular weight excluding hydrogens is 218 g/mol. The van der Waals surface area contributed by atoms with E-state index in [1.807, 2.05) is 18.2 Å². The predicted octanol–water partition coefficient (Wildman–Crippen LogP) is 1.44. The van der Waals surface area contributed by atoms with E-state index in [0.717, 1.165) is 6.42 Å². The summed E-state index contributed by atoms with van der Waals surface area (Å²) in [4.78, 5) is 23.9. The molecule has 0 bridgehead atoms. The number of carbonyl (C=O) groups is 2. The van der Waals surface area contributed by atoms with Crippen molar-refractivity contribution in [2.45, 2.75) is 25.8 Å². The summed E-state index contributed by atoms with van der Waals surface area (Å²) in [5.41, 5.74) is 2.46. The van der Waals surface area contributed by atoms with Gasteiger partial charge in [-0.05, 0) is 17.5 Å². The highest BCUT2D eigenvalue weighted by molar-refractivity contribution is 5.80. The Morgan fingerprint density at radius 1 is 1.18 bits per heavy atom. The van der Waals surface area contributed by atoms with E-state index in [9.17, 15) is 9.59 Å². The second-order valence-electron chi connectivity index (χ2n) is 4.23. The number of aliphatic carboxylic acids is 1. The van der Waals surface area contributed by atoms with E-state index in [1.54, 1.807) is 4.90 Å². The highest BCUT2D eigenvalue weighted by Gasteiger charge is 2.20. The van der Waals surface area contributed by atoms with E-state index >= 15 is 0 Å². The Balaban J connectivity index is 1.97. The monoisotopic (exact) mass is 233 g/mol. The van der Waals surface area contributed by atoms with Crippen LogP contribution < -0.4 is 0 Å². The van der Waals surface area contributed by atoms with Crippen LogP contribution in [0.25, 0.3) is 0 Å². The van der Waals surface area contributed by atoms with Crippen LogP contribution in [0.5, 0.6) is 0 Å². The van der Waals surface area contributed by atoms with Crippen molar-refractivity contribution in [3.8, 4) is 0 Å². The SMILES string of the molecule is O=C(O)CCC(=O)N1CCc2ccccc2C1. The third-order valence-corrected chi connectivity index (χ3v) is 3.04. The Morgan fingerprint density at radius 2 is 1.88 bits per heavy atom. The molecule has 1 heterocycles. The summed E-state index contributed by atoms with van der Waals surface area (Å²) < 4.78 is 0. The van der Waals surface area contributed by atoms with Gasteiger partial charge in [0, 0.05) is 19.5 Å². The number of carboxylic acids is 1. The Labute approximate surface area is 99.9 Å². The molecule has 0 aromatic heterocycles. The Morgan fingerprint density at radius 3 is 2.59 bits per heavy atom. The molecule has 1 aliphatic rings. The molecule has 90 valence electrons. The fourth-order valence-corrected chi connectivity index (χ4v) is 2.08. The predicted molar refractivity (Wildman–Crippen MR) is 62.4 cm³/mol. The largest absolute Gasteiger partial charge is 0.481 e. The lowest BCUT2D eigenvalue weighted by Gasteiger charge is -2.28. The first-order chi connectivity index (χ1) is 8.16. The first kappa shape index (κ1) is 11.6. The number of hydrogen-bond acceptors (Lipinski definition) is 2. The van der Waals surface area contributed by atoms with Crippen molar-refractivity contribution in [3.05, 3.63) is 35.4 Å². The van der Waals surface area contributed by atoms with Crippen molar-refractivity contribution in [2.24, 2.45) is 0 Å². The highest BCUT2D eigenvalue weighted by Crippen LogP contribution is 2.19. The smallest absolute Gasteiger partial charge is 0.303 e. The molecular formula is C13H15NO3.